The first kappa shape index (κ1) is 13.9. The largest absolute Gasteiger partial charge is 0.366 e. The maximum atomic E-state index is 13.6. The lowest BCUT2D eigenvalue weighted by Crippen LogP contribution is -2.04. The van der Waals surface area contributed by atoms with Gasteiger partial charge in [-0.15, -0.1) is 0 Å². The van der Waals surface area contributed by atoms with E-state index in [2.05, 4.69) is 38.1 Å². The van der Waals surface area contributed by atoms with Crippen molar-refractivity contribution in [2.75, 3.05) is 5.32 Å². The fourth-order valence-electron chi connectivity index (χ4n) is 1.75. The van der Waals surface area contributed by atoms with Crippen LogP contribution < -0.4 is 5.32 Å². The van der Waals surface area contributed by atoms with Gasteiger partial charge in [0.05, 0.1) is 0 Å². The number of hydrogen-bond donors (Lipinski definition) is 1. The summed E-state index contributed by atoms with van der Waals surface area (Å²) in [6, 6.07) is 6.79. The molecule has 1 aromatic carbocycles. The van der Waals surface area contributed by atoms with E-state index in [1.165, 1.54) is 12.4 Å². The van der Waals surface area contributed by atoms with Crippen LogP contribution in [-0.2, 0) is 13.0 Å². The van der Waals surface area contributed by atoms with E-state index in [0.29, 0.717) is 12.1 Å². The second kappa shape index (κ2) is 6.61. The third-order valence-corrected chi connectivity index (χ3v) is 3.19. The van der Waals surface area contributed by atoms with Gasteiger partial charge in [0.2, 0.25) is 0 Å². The van der Waals surface area contributed by atoms with Crippen LogP contribution in [0.15, 0.2) is 35.1 Å². The highest BCUT2D eigenvalue weighted by Gasteiger charge is 2.04. The number of hydrogen-bond acceptors (Lipinski definition) is 3. The minimum atomic E-state index is -0.224. The van der Waals surface area contributed by atoms with Crippen molar-refractivity contribution < 1.29 is 4.39 Å². The van der Waals surface area contributed by atoms with Crippen molar-refractivity contribution in [3.8, 4) is 0 Å². The highest BCUT2D eigenvalue weighted by atomic mass is 79.9. The number of nitrogens with zero attached hydrogens (tertiary/aromatic N) is 2. The molecule has 0 amide bonds. The molecular weight excluding hydrogens is 309 g/mol. The first-order valence-electron chi connectivity index (χ1n) is 6.17. The van der Waals surface area contributed by atoms with Crippen molar-refractivity contribution in [2.45, 2.75) is 26.3 Å². The molecular formula is C14H15BrFN3. The van der Waals surface area contributed by atoms with Gasteiger partial charge >= 0.3 is 0 Å². The standard InChI is InChI=1S/C14H15BrFN3/c1-2-3-12-7-14(19-9-18-12)17-8-10-6-11(15)4-5-13(10)16/h4-7,9H,2-3,8H2,1H3,(H,17,18,19). The third-order valence-electron chi connectivity index (χ3n) is 2.70. The summed E-state index contributed by atoms with van der Waals surface area (Å²) in [6.45, 7) is 2.50. The van der Waals surface area contributed by atoms with Crippen LogP contribution in [0.2, 0.25) is 0 Å². The van der Waals surface area contributed by atoms with Crippen LogP contribution in [0.5, 0.6) is 0 Å². The molecule has 0 radical (unpaired) electrons. The zero-order chi connectivity index (χ0) is 13.7. The molecule has 3 nitrogen and oxygen atoms in total. The molecule has 1 N–H and O–H groups in total. The predicted molar refractivity (Wildman–Crippen MR) is 77.5 cm³/mol. The second-order valence-corrected chi connectivity index (χ2v) is 5.15. The molecule has 0 spiro atoms. The number of benzene rings is 1. The molecule has 5 heteroatoms. The van der Waals surface area contributed by atoms with Crippen LogP contribution >= 0.6 is 15.9 Å². The summed E-state index contributed by atoms with van der Waals surface area (Å²) < 4.78 is 14.4. The van der Waals surface area contributed by atoms with Gasteiger partial charge in [-0.1, -0.05) is 29.3 Å². The van der Waals surface area contributed by atoms with E-state index in [0.717, 1.165) is 28.8 Å². The van der Waals surface area contributed by atoms with Gasteiger partial charge < -0.3 is 5.32 Å². The van der Waals surface area contributed by atoms with E-state index in [1.807, 2.05) is 6.07 Å². The van der Waals surface area contributed by atoms with Crippen molar-refractivity contribution in [3.05, 3.63) is 52.1 Å². The molecule has 0 atom stereocenters. The number of nitrogens with one attached hydrogen (secondary N) is 1. The molecule has 0 unspecified atom stereocenters. The summed E-state index contributed by atoms with van der Waals surface area (Å²) in [6.07, 6.45) is 3.49. The lowest BCUT2D eigenvalue weighted by Gasteiger charge is -2.08. The summed E-state index contributed by atoms with van der Waals surface area (Å²) in [5.41, 5.74) is 1.60. The van der Waals surface area contributed by atoms with Gasteiger partial charge in [0.1, 0.15) is 18.0 Å². The van der Waals surface area contributed by atoms with E-state index >= 15 is 0 Å². The molecule has 1 heterocycles. The van der Waals surface area contributed by atoms with Gasteiger partial charge in [-0.25, -0.2) is 14.4 Å². The molecule has 0 aliphatic rings. The zero-order valence-corrected chi connectivity index (χ0v) is 12.2. The van der Waals surface area contributed by atoms with Crippen LogP contribution in [0, 0.1) is 5.82 Å². The average Bonchev–Trinajstić information content (AvgIpc) is 2.41. The first-order valence-corrected chi connectivity index (χ1v) is 6.97. The van der Waals surface area contributed by atoms with E-state index in [-0.39, 0.29) is 5.82 Å². The maximum absolute atomic E-state index is 13.6. The smallest absolute Gasteiger partial charge is 0.129 e. The molecule has 0 bridgehead atoms. The molecule has 0 fully saturated rings. The number of anilines is 1. The molecule has 0 aliphatic carbocycles. The summed E-state index contributed by atoms with van der Waals surface area (Å²) >= 11 is 3.33. The Balaban J connectivity index is 2.05. The van der Waals surface area contributed by atoms with Gasteiger partial charge in [0, 0.05) is 28.3 Å². The molecule has 19 heavy (non-hydrogen) atoms. The van der Waals surface area contributed by atoms with E-state index in [9.17, 15) is 4.39 Å². The number of aromatic nitrogens is 2. The van der Waals surface area contributed by atoms with Crippen molar-refractivity contribution in [1.82, 2.24) is 9.97 Å². The predicted octanol–water partition coefficient (Wildman–Crippen LogP) is 3.94. The number of halogens is 2. The molecule has 100 valence electrons. The van der Waals surface area contributed by atoms with E-state index in [1.54, 1.807) is 12.1 Å². The Kier molecular flexibility index (Phi) is 4.85. The molecule has 1 aromatic heterocycles. The monoisotopic (exact) mass is 323 g/mol. The minimum Gasteiger partial charge on any atom is -0.366 e. The lowest BCUT2D eigenvalue weighted by atomic mass is 10.2. The topological polar surface area (TPSA) is 37.8 Å². The van der Waals surface area contributed by atoms with Crippen LogP contribution in [0.4, 0.5) is 10.2 Å². The van der Waals surface area contributed by atoms with Crippen LogP contribution in [0.25, 0.3) is 0 Å². The molecule has 0 saturated carbocycles. The van der Waals surface area contributed by atoms with Crippen molar-refractivity contribution in [1.29, 1.82) is 0 Å². The van der Waals surface area contributed by atoms with Crippen molar-refractivity contribution in [2.24, 2.45) is 0 Å². The fraction of sp³-hybridized carbons (Fsp3) is 0.286. The van der Waals surface area contributed by atoms with Gasteiger partial charge in [0.15, 0.2) is 0 Å². The summed E-state index contributed by atoms with van der Waals surface area (Å²) in [5.74, 6) is 0.497. The van der Waals surface area contributed by atoms with E-state index in [4.69, 9.17) is 0 Å². The molecule has 2 rings (SSSR count). The van der Waals surface area contributed by atoms with Crippen LogP contribution in [-0.4, -0.2) is 9.97 Å². The highest BCUT2D eigenvalue weighted by molar-refractivity contribution is 9.10. The number of aryl methyl sites for hydroxylation is 1. The van der Waals surface area contributed by atoms with Crippen LogP contribution in [0.1, 0.15) is 24.6 Å². The lowest BCUT2D eigenvalue weighted by molar-refractivity contribution is 0.612. The van der Waals surface area contributed by atoms with Gasteiger partial charge in [-0.05, 0) is 24.6 Å². The Morgan fingerprint density at radius 3 is 2.89 bits per heavy atom. The van der Waals surface area contributed by atoms with Crippen LogP contribution in [0.3, 0.4) is 0 Å². The Bertz CT molecular complexity index is 560. The SMILES string of the molecule is CCCc1cc(NCc2cc(Br)ccc2F)ncn1. The summed E-state index contributed by atoms with van der Waals surface area (Å²) in [5, 5.41) is 3.12. The maximum Gasteiger partial charge on any atom is 0.129 e. The fourth-order valence-corrected chi connectivity index (χ4v) is 2.16. The Labute approximate surface area is 120 Å². The molecule has 0 saturated heterocycles. The normalized spacial score (nSPS) is 10.5. The molecule has 2 aromatic rings. The van der Waals surface area contributed by atoms with Crippen molar-refractivity contribution >= 4 is 21.7 Å². The Morgan fingerprint density at radius 2 is 2.11 bits per heavy atom. The second-order valence-electron chi connectivity index (χ2n) is 4.23. The zero-order valence-electron chi connectivity index (χ0n) is 10.7. The van der Waals surface area contributed by atoms with Crippen molar-refractivity contribution in [3.63, 3.8) is 0 Å². The first-order chi connectivity index (χ1) is 9.19. The van der Waals surface area contributed by atoms with Gasteiger partial charge in [0.25, 0.3) is 0 Å². The van der Waals surface area contributed by atoms with E-state index < -0.39 is 0 Å². The third kappa shape index (κ3) is 3.99. The quantitative estimate of drug-likeness (QED) is 0.905. The Hall–Kier alpha value is -1.49. The van der Waals surface area contributed by atoms with Gasteiger partial charge in [-0.2, -0.15) is 0 Å². The number of rotatable bonds is 5. The highest BCUT2D eigenvalue weighted by Crippen LogP contribution is 2.16. The average molecular weight is 324 g/mol. The molecule has 0 aliphatic heterocycles. The Morgan fingerprint density at radius 1 is 1.26 bits per heavy atom. The minimum absolute atomic E-state index is 0.224. The van der Waals surface area contributed by atoms with Gasteiger partial charge in [-0.3, -0.25) is 0 Å². The summed E-state index contributed by atoms with van der Waals surface area (Å²) in [7, 11) is 0. The summed E-state index contributed by atoms with van der Waals surface area (Å²) in [4.78, 5) is 8.32.